The molecule has 0 unspecified atom stereocenters. The fourth-order valence-corrected chi connectivity index (χ4v) is 3.00. The molecule has 0 aliphatic carbocycles. The van der Waals surface area contributed by atoms with Gasteiger partial charge in [0.2, 0.25) is 0 Å². The van der Waals surface area contributed by atoms with Crippen LogP contribution in [0.4, 0.5) is 0 Å². The third-order valence-electron chi connectivity index (χ3n) is 2.80. The second-order valence-electron chi connectivity index (χ2n) is 4.28. The Morgan fingerprint density at radius 2 is 2.17 bits per heavy atom. The summed E-state index contributed by atoms with van der Waals surface area (Å²) in [5.41, 5.74) is 1.98. The minimum atomic E-state index is -3.52. The van der Waals surface area contributed by atoms with Crippen LogP contribution in [0.1, 0.15) is 11.1 Å². The van der Waals surface area contributed by atoms with Crippen LogP contribution >= 0.6 is 0 Å². The zero-order valence-electron chi connectivity index (χ0n) is 9.76. The highest BCUT2D eigenvalue weighted by Gasteiger charge is 2.17. The molecule has 1 aromatic rings. The monoisotopic (exact) mass is 270 g/mol. The molecule has 6 heteroatoms. The fourth-order valence-electron chi connectivity index (χ4n) is 1.93. The third kappa shape index (κ3) is 3.22. The summed E-state index contributed by atoms with van der Waals surface area (Å²) in [6.45, 7) is 0.663. The molecule has 18 heavy (non-hydrogen) atoms. The van der Waals surface area contributed by atoms with E-state index >= 15 is 0 Å². The van der Waals surface area contributed by atoms with Gasteiger partial charge in [-0.15, -0.1) is 0 Å². The predicted molar refractivity (Wildman–Crippen MR) is 65.6 cm³/mol. The van der Waals surface area contributed by atoms with Crippen molar-refractivity contribution in [2.24, 2.45) is 0 Å². The second kappa shape index (κ2) is 4.97. The third-order valence-corrected chi connectivity index (χ3v) is 4.31. The molecule has 1 aliphatic rings. The van der Waals surface area contributed by atoms with Gasteiger partial charge in [0.15, 0.2) is 9.84 Å². The maximum absolute atomic E-state index is 11.4. The molecule has 0 aromatic heterocycles. The van der Waals surface area contributed by atoms with Gasteiger partial charge in [-0.1, -0.05) is 12.1 Å². The van der Waals surface area contributed by atoms with Gasteiger partial charge >= 0.3 is 5.97 Å². The van der Waals surface area contributed by atoms with E-state index in [0.717, 1.165) is 23.3 Å². The van der Waals surface area contributed by atoms with Gasteiger partial charge in [0.25, 0.3) is 0 Å². The number of aliphatic carboxylic acids is 1. The van der Waals surface area contributed by atoms with Crippen molar-refractivity contribution < 1.29 is 23.1 Å². The van der Waals surface area contributed by atoms with E-state index in [1.54, 1.807) is 0 Å². The molecule has 0 saturated carbocycles. The van der Waals surface area contributed by atoms with Crippen molar-refractivity contribution in [3.05, 3.63) is 29.3 Å². The van der Waals surface area contributed by atoms with Crippen molar-refractivity contribution >= 4 is 15.8 Å². The van der Waals surface area contributed by atoms with E-state index in [2.05, 4.69) is 0 Å². The molecule has 98 valence electrons. The number of benzene rings is 1. The van der Waals surface area contributed by atoms with Crippen LogP contribution < -0.4 is 4.74 Å². The van der Waals surface area contributed by atoms with Crippen LogP contribution in [0.5, 0.6) is 5.75 Å². The molecule has 1 heterocycles. The molecule has 2 rings (SSSR count). The number of carboxylic acids is 1. The summed E-state index contributed by atoms with van der Waals surface area (Å²) in [6, 6.07) is 5.58. The van der Waals surface area contributed by atoms with Crippen LogP contribution in [-0.4, -0.2) is 37.6 Å². The van der Waals surface area contributed by atoms with Gasteiger partial charge in [-0.25, -0.2) is 8.42 Å². The van der Waals surface area contributed by atoms with Crippen LogP contribution in [0.3, 0.4) is 0 Å². The first-order valence-corrected chi connectivity index (χ1v) is 7.45. The number of hydrogen-bond donors (Lipinski definition) is 1. The number of fused-ring (bicyclic) bond motifs is 1. The van der Waals surface area contributed by atoms with Crippen molar-refractivity contribution in [3.8, 4) is 5.75 Å². The molecule has 0 radical (unpaired) electrons. The number of carbonyl (C=O) groups is 1. The van der Waals surface area contributed by atoms with Gasteiger partial charge in [0, 0.05) is 6.42 Å². The Morgan fingerprint density at radius 1 is 1.39 bits per heavy atom. The van der Waals surface area contributed by atoms with Gasteiger partial charge in [-0.2, -0.15) is 0 Å². The topological polar surface area (TPSA) is 80.7 Å². The van der Waals surface area contributed by atoms with Crippen LogP contribution in [-0.2, 0) is 27.5 Å². The van der Waals surface area contributed by atoms with E-state index in [0.29, 0.717) is 13.0 Å². The SMILES string of the molecule is O=C(O)CS(=O)(=O)CCc1ccc2c(c1)CCO2. The summed E-state index contributed by atoms with van der Waals surface area (Å²) >= 11 is 0. The van der Waals surface area contributed by atoms with Crippen molar-refractivity contribution in [2.45, 2.75) is 12.8 Å². The van der Waals surface area contributed by atoms with Crippen molar-refractivity contribution in [1.29, 1.82) is 0 Å². The maximum Gasteiger partial charge on any atom is 0.318 e. The molecule has 5 nitrogen and oxygen atoms in total. The first-order valence-electron chi connectivity index (χ1n) is 5.63. The minimum Gasteiger partial charge on any atom is -0.493 e. The Kier molecular flexibility index (Phi) is 3.56. The van der Waals surface area contributed by atoms with Crippen molar-refractivity contribution in [2.75, 3.05) is 18.1 Å². The zero-order chi connectivity index (χ0) is 13.2. The van der Waals surface area contributed by atoms with Gasteiger partial charge in [-0.05, 0) is 23.6 Å². The van der Waals surface area contributed by atoms with Gasteiger partial charge in [0.05, 0.1) is 12.4 Å². The van der Waals surface area contributed by atoms with E-state index in [-0.39, 0.29) is 5.75 Å². The van der Waals surface area contributed by atoms with E-state index in [9.17, 15) is 13.2 Å². The zero-order valence-corrected chi connectivity index (χ0v) is 10.6. The summed E-state index contributed by atoms with van der Waals surface area (Å²) in [6.07, 6.45) is 1.17. The van der Waals surface area contributed by atoms with Crippen molar-refractivity contribution in [1.82, 2.24) is 0 Å². The number of rotatable bonds is 5. The Labute approximate surface area is 105 Å². The number of aryl methyl sites for hydroxylation is 1. The Morgan fingerprint density at radius 3 is 2.89 bits per heavy atom. The van der Waals surface area contributed by atoms with Crippen LogP contribution in [0, 0.1) is 0 Å². The van der Waals surface area contributed by atoms with E-state index in [1.807, 2.05) is 18.2 Å². The molecule has 0 fully saturated rings. The number of ether oxygens (including phenoxy) is 1. The van der Waals surface area contributed by atoms with Crippen LogP contribution in [0.2, 0.25) is 0 Å². The molecule has 0 atom stereocenters. The Balaban J connectivity index is 2.00. The molecular formula is C12H14O5S. The molecule has 1 aliphatic heterocycles. The van der Waals surface area contributed by atoms with Crippen molar-refractivity contribution in [3.63, 3.8) is 0 Å². The smallest absolute Gasteiger partial charge is 0.318 e. The lowest BCUT2D eigenvalue weighted by molar-refractivity contribution is -0.134. The number of hydrogen-bond acceptors (Lipinski definition) is 4. The molecule has 0 bridgehead atoms. The molecule has 0 amide bonds. The van der Waals surface area contributed by atoms with Gasteiger partial charge in [0.1, 0.15) is 11.5 Å². The quantitative estimate of drug-likeness (QED) is 0.850. The van der Waals surface area contributed by atoms with E-state index in [4.69, 9.17) is 9.84 Å². The first kappa shape index (κ1) is 12.9. The standard InChI is InChI=1S/C12H14O5S/c13-12(14)8-18(15,16)6-4-9-1-2-11-10(7-9)3-5-17-11/h1-2,7H,3-6,8H2,(H,13,14). The number of sulfone groups is 1. The maximum atomic E-state index is 11.4. The van der Waals surface area contributed by atoms with E-state index in [1.165, 1.54) is 0 Å². The molecule has 1 N–H and O–H groups in total. The summed E-state index contributed by atoms with van der Waals surface area (Å²) < 4.78 is 28.2. The lowest BCUT2D eigenvalue weighted by atomic mass is 10.1. The van der Waals surface area contributed by atoms with Gasteiger partial charge in [-0.3, -0.25) is 4.79 Å². The summed E-state index contributed by atoms with van der Waals surface area (Å²) in [5.74, 6) is -1.40. The fraction of sp³-hybridized carbons (Fsp3) is 0.417. The van der Waals surface area contributed by atoms with Crippen LogP contribution in [0.15, 0.2) is 18.2 Å². The predicted octanol–water partition coefficient (Wildman–Crippen LogP) is 0.663. The number of carboxylic acid groups (broad SMARTS) is 1. The van der Waals surface area contributed by atoms with E-state index < -0.39 is 21.6 Å². The minimum absolute atomic E-state index is 0.140. The second-order valence-corrected chi connectivity index (χ2v) is 6.46. The molecule has 0 saturated heterocycles. The first-order chi connectivity index (χ1) is 8.46. The van der Waals surface area contributed by atoms with Gasteiger partial charge < -0.3 is 9.84 Å². The summed E-state index contributed by atoms with van der Waals surface area (Å²) in [5, 5.41) is 8.48. The average Bonchev–Trinajstić information content (AvgIpc) is 2.71. The largest absolute Gasteiger partial charge is 0.493 e. The Hall–Kier alpha value is -1.56. The average molecular weight is 270 g/mol. The summed E-state index contributed by atoms with van der Waals surface area (Å²) in [4.78, 5) is 10.4. The highest BCUT2D eigenvalue weighted by atomic mass is 32.2. The molecular weight excluding hydrogens is 256 g/mol. The van der Waals surface area contributed by atoms with Crippen LogP contribution in [0.25, 0.3) is 0 Å². The normalized spacial score (nSPS) is 14.0. The lowest BCUT2D eigenvalue weighted by Gasteiger charge is -2.04. The highest BCUT2D eigenvalue weighted by Crippen LogP contribution is 2.26. The lowest BCUT2D eigenvalue weighted by Crippen LogP contribution is -2.19. The summed E-state index contributed by atoms with van der Waals surface area (Å²) in [7, 11) is -3.52. The molecule has 0 spiro atoms. The highest BCUT2D eigenvalue weighted by molar-refractivity contribution is 7.92. The Bertz CT molecular complexity index is 562. The molecule has 1 aromatic carbocycles.